The van der Waals surface area contributed by atoms with Gasteiger partial charge in [0.25, 0.3) is 0 Å². The van der Waals surface area contributed by atoms with Gasteiger partial charge in [-0.25, -0.2) is 4.98 Å². The third kappa shape index (κ3) is 3.13. The van der Waals surface area contributed by atoms with E-state index in [-0.39, 0.29) is 12.5 Å². The topological polar surface area (TPSA) is 80.2 Å². The van der Waals surface area contributed by atoms with Gasteiger partial charge in [-0.15, -0.1) is 5.10 Å². The van der Waals surface area contributed by atoms with Crippen LogP contribution in [0.15, 0.2) is 0 Å². The van der Waals surface area contributed by atoms with E-state index in [9.17, 15) is 4.79 Å². The van der Waals surface area contributed by atoms with Gasteiger partial charge in [0.2, 0.25) is 11.9 Å². The molecule has 0 bridgehead atoms. The van der Waals surface area contributed by atoms with Crippen molar-refractivity contribution in [3.05, 3.63) is 11.4 Å². The standard InChI is InChI=1S/C11H17N5O2/c1-8-9(2)14-15-11(13-8)12-7-10(17)16-3-5-18-6-4-16/h3-7H2,1-2H3,(H,12,13,15). The lowest BCUT2D eigenvalue weighted by molar-refractivity contribution is -0.133. The maximum atomic E-state index is 11.9. The largest absolute Gasteiger partial charge is 0.378 e. The van der Waals surface area contributed by atoms with Crippen molar-refractivity contribution in [2.45, 2.75) is 13.8 Å². The van der Waals surface area contributed by atoms with Gasteiger partial charge >= 0.3 is 0 Å². The minimum absolute atomic E-state index is 0.0279. The van der Waals surface area contributed by atoms with Crippen molar-refractivity contribution in [2.75, 3.05) is 38.2 Å². The van der Waals surface area contributed by atoms with Crippen LogP contribution >= 0.6 is 0 Å². The maximum absolute atomic E-state index is 11.9. The van der Waals surface area contributed by atoms with Gasteiger partial charge in [0.1, 0.15) is 0 Å². The molecule has 2 heterocycles. The first-order valence-corrected chi connectivity index (χ1v) is 5.94. The molecule has 18 heavy (non-hydrogen) atoms. The normalized spacial score (nSPS) is 15.6. The lowest BCUT2D eigenvalue weighted by atomic mass is 10.4. The predicted octanol–water partition coefficient (Wildman–Crippen LogP) is -0.241. The van der Waals surface area contributed by atoms with Gasteiger partial charge in [-0.05, 0) is 13.8 Å². The molecule has 1 aromatic heterocycles. The second-order valence-electron chi connectivity index (χ2n) is 4.15. The first kappa shape index (κ1) is 12.7. The Labute approximate surface area is 106 Å². The van der Waals surface area contributed by atoms with E-state index in [1.165, 1.54) is 0 Å². The van der Waals surface area contributed by atoms with E-state index >= 15 is 0 Å². The second kappa shape index (κ2) is 5.72. The van der Waals surface area contributed by atoms with Crippen molar-refractivity contribution in [3.63, 3.8) is 0 Å². The number of rotatable bonds is 3. The van der Waals surface area contributed by atoms with E-state index in [0.717, 1.165) is 11.4 Å². The van der Waals surface area contributed by atoms with Gasteiger partial charge in [0.15, 0.2) is 0 Å². The molecule has 1 amide bonds. The molecule has 0 aromatic carbocycles. The minimum Gasteiger partial charge on any atom is -0.378 e. The molecule has 1 fully saturated rings. The van der Waals surface area contributed by atoms with E-state index in [1.54, 1.807) is 4.90 Å². The monoisotopic (exact) mass is 251 g/mol. The Kier molecular flexibility index (Phi) is 4.03. The number of morpholine rings is 1. The van der Waals surface area contributed by atoms with Crippen LogP contribution in [0.1, 0.15) is 11.4 Å². The number of amides is 1. The molecule has 0 atom stereocenters. The fraction of sp³-hybridized carbons (Fsp3) is 0.636. The number of aryl methyl sites for hydroxylation is 2. The Bertz CT molecular complexity index is 431. The number of hydrogen-bond donors (Lipinski definition) is 1. The second-order valence-corrected chi connectivity index (χ2v) is 4.15. The summed E-state index contributed by atoms with van der Waals surface area (Å²) in [6, 6.07) is 0. The summed E-state index contributed by atoms with van der Waals surface area (Å²) in [4.78, 5) is 17.8. The molecular formula is C11H17N5O2. The Morgan fingerprint density at radius 2 is 2.00 bits per heavy atom. The van der Waals surface area contributed by atoms with Gasteiger partial charge in [-0.3, -0.25) is 4.79 Å². The fourth-order valence-corrected chi connectivity index (χ4v) is 1.61. The molecule has 0 saturated carbocycles. The zero-order chi connectivity index (χ0) is 13.0. The van der Waals surface area contributed by atoms with Gasteiger partial charge < -0.3 is 15.0 Å². The highest BCUT2D eigenvalue weighted by Gasteiger charge is 2.16. The quantitative estimate of drug-likeness (QED) is 0.798. The molecule has 1 N–H and O–H groups in total. The molecule has 7 nitrogen and oxygen atoms in total. The third-order valence-electron chi connectivity index (χ3n) is 2.85. The minimum atomic E-state index is 0.0279. The summed E-state index contributed by atoms with van der Waals surface area (Å²) in [6.07, 6.45) is 0. The zero-order valence-electron chi connectivity index (χ0n) is 10.6. The summed E-state index contributed by atoms with van der Waals surface area (Å²) < 4.78 is 5.19. The van der Waals surface area contributed by atoms with Gasteiger partial charge in [0, 0.05) is 13.1 Å². The van der Waals surface area contributed by atoms with E-state index in [2.05, 4.69) is 20.5 Å². The maximum Gasteiger partial charge on any atom is 0.243 e. The van der Waals surface area contributed by atoms with Crippen LogP contribution in [0.25, 0.3) is 0 Å². The number of aromatic nitrogens is 3. The highest BCUT2D eigenvalue weighted by Crippen LogP contribution is 2.02. The molecule has 0 unspecified atom stereocenters. The molecule has 2 rings (SSSR count). The third-order valence-corrected chi connectivity index (χ3v) is 2.85. The van der Waals surface area contributed by atoms with Crippen LogP contribution in [-0.4, -0.2) is 58.8 Å². The van der Waals surface area contributed by atoms with Crippen LogP contribution in [-0.2, 0) is 9.53 Å². The number of nitrogens with one attached hydrogen (secondary N) is 1. The van der Waals surface area contributed by atoms with Crippen molar-refractivity contribution in [1.82, 2.24) is 20.1 Å². The number of anilines is 1. The number of hydrogen-bond acceptors (Lipinski definition) is 6. The highest BCUT2D eigenvalue weighted by atomic mass is 16.5. The van der Waals surface area contributed by atoms with Crippen LogP contribution in [0.4, 0.5) is 5.95 Å². The number of carbonyl (C=O) groups is 1. The van der Waals surface area contributed by atoms with Crippen molar-refractivity contribution in [3.8, 4) is 0 Å². The Morgan fingerprint density at radius 1 is 1.28 bits per heavy atom. The van der Waals surface area contributed by atoms with Gasteiger partial charge in [-0.2, -0.15) is 5.10 Å². The van der Waals surface area contributed by atoms with Crippen LogP contribution < -0.4 is 5.32 Å². The first-order valence-electron chi connectivity index (χ1n) is 5.94. The van der Waals surface area contributed by atoms with Crippen LogP contribution in [0.3, 0.4) is 0 Å². The molecule has 1 aliphatic rings. The predicted molar refractivity (Wildman–Crippen MR) is 65.2 cm³/mol. The molecule has 0 spiro atoms. The van der Waals surface area contributed by atoms with Gasteiger partial charge in [-0.1, -0.05) is 0 Å². The lowest BCUT2D eigenvalue weighted by Crippen LogP contribution is -2.43. The Balaban J connectivity index is 1.86. The van der Waals surface area contributed by atoms with Crippen molar-refractivity contribution < 1.29 is 9.53 Å². The average molecular weight is 251 g/mol. The van der Waals surface area contributed by atoms with Crippen LogP contribution in [0.2, 0.25) is 0 Å². The van der Waals surface area contributed by atoms with Crippen LogP contribution in [0.5, 0.6) is 0 Å². The molecule has 0 aliphatic carbocycles. The summed E-state index contributed by atoms with van der Waals surface area (Å²) in [5.41, 5.74) is 1.60. The van der Waals surface area contributed by atoms with E-state index < -0.39 is 0 Å². The molecule has 1 aromatic rings. The molecular weight excluding hydrogens is 234 g/mol. The Hall–Kier alpha value is -1.76. The fourth-order valence-electron chi connectivity index (χ4n) is 1.61. The Morgan fingerprint density at radius 3 is 2.67 bits per heavy atom. The van der Waals surface area contributed by atoms with E-state index in [0.29, 0.717) is 32.3 Å². The number of carbonyl (C=O) groups excluding carboxylic acids is 1. The number of ether oxygens (including phenoxy) is 1. The van der Waals surface area contributed by atoms with Crippen LogP contribution in [0, 0.1) is 13.8 Å². The average Bonchev–Trinajstić information content (AvgIpc) is 2.41. The van der Waals surface area contributed by atoms with Crippen molar-refractivity contribution in [1.29, 1.82) is 0 Å². The van der Waals surface area contributed by atoms with E-state index in [1.807, 2.05) is 13.8 Å². The summed E-state index contributed by atoms with van der Waals surface area (Å²) in [7, 11) is 0. The molecule has 1 saturated heterocycles. The first-order chi connectivity index (χ1) is 8.66. The summed E-state index contributed by atoms with van der Waals surface area (Å²) in [5.74, 6) is 0.417. The smallest absolute Gasteiger partial charge is 0.243 e. The molecule has 0 radical (unpaired) electrons. The number of nitrogens with zero attached hydrogens (tertiary/aromatic N) is 4. The highest BCUT2D eigenvalue weighted by molar-refractivity contribution is 5.80. The molecule has 1 aliphatic heterocycles. The SMILES string of the molecule is Cc1nnc(NCC(=O)N2CCOCC2)nc1C. The molecule has 98 valence electrons. The van der Waals surface area contributed by atoms with E-state index in [4.69, 9.17) is 4.74 Å². The summed E-state index contributed by atoms with van der Waals surface area (Å²) in [5, 5.41) is 10.7. The van der Waals surface area contributed by atoms with Crippen molar-refractivity contribution >= 4 is 11.9 Å². The van der Waals surface area contributed by atoms with Crippen molar-refractivity contribution in [2.24, 2.45) is 0 Å². The summed E-state index contributed by atoms with van der Waals surface area (Å²) >= 11 is 0. The lowest BCUT2D eigenvalue weighted by Gasteiger charge is -2.26. The summed E-state index contributed by atoms with van der Waals surface area (Å²) in [6.45, 7) is 6.39. The zero-order valence-corrected chi connectivity index (χ0v) is 10.6. The molecule has 7 heteroatoms. The van der Waals surface area contributed by atoms with Gasteiger partial charge in [0.05, 0.1) is 31.1 Å².